The molecular weight excluding hydrogens is 400 g/mol. The summed E-state index contributed by atoms with van der Waals surface area (Å²) in [5.41, 5.74) is 2.48. The molecule has 1 atom stereocenters. The van der Waals surface area contributed by atoms with Gasteiger partial charge in [0.1, 0.15) is 5.75 Å². The first-order valence-electron chi connectivity index (χ1n) is 11.6. The van der Waals surface area contributed by atoms with E-state index in [4.69, 9.17) is 9.47 Å². The molecule has 1 heterocycles. The van der Waals surface area contributed by atoms with Crippen molar-refractivity contribution in [2.75, 3.05) is 40.5 Å². The van der Waals surface area contributed by atoms with Crippen molar-refractivity contribution in [2.24, 2.45) is 4.99 Å². The summed E-state index contributed by atoms with van der Waals surface area (Å²) in [6.07, 6.45) is 1.94. The van der Waals surface area contributed by atoms with Crippen molar-refractivity contribution in [1.29, 1.82) is 0 Å². The van der Waals surface area contributed by atoms with Crippen LogP contribution < -0.4 is 15.4 Å². The highest BCUT2D eigenvalue weighted by Gasteiger charge is 2.34. The Labute approximate surface area is 193 Å². The van der Waals surface area contributed by atoms with E-state index in [-0.39, 0.29) is 11.6 Å². The molecule has 1 unspecified atom stereocenters. The van der Waals surface area contributed by atoms with Crippen molar-refractivity contribution in [3.63, 3.8) is 0 Å². The van der Waals surface area contributed by atoms with E-state index in [1.54, 1.807) is 0 Å². The molecular formula is C26H38N4O2. The zero-order chi connectivity index (χ0) is 22.8. The quantitative estimate of drug-likeness (QED) is 0.458. The van der Waals surface area contributed by atoms with Gasteiger partial charge in [-0.1, -0.05) is 42.5 Å². The lowest BCUT2D eigenvalue weighted by Crippen LogP contribution is -2.58. The van der Waals surface area contributed by atoms with Gasteiger partial charge in [0, 0.05) is 52.0 Å². The molecule has 0 saturated carbocycles. The van der Waals surface area contributed by atoms with E-state index in [2.05, 4.69) is 77.0 Å². The minimum Gasteiger partial charge on any atom is -0.494 e. The molecule has 0 aliphatic carbocycles. The molecule has 0 amide bonds. The zero-order valence-electron chi connectivity index (χ0n) is 19.9. The van der Waals surface area contributed by atoms with Gasteiger partial charge in [-0.25, -0.2) is 0 Å². The third-order valence-corrected chi connectivity index (χ3v) is 6.08. The van der Waals surface area contributed by atoms with Crippen LogP contribution in [0, 0.1) is 0 Å². The Kier molecular flexibility index (Phi) is 8.94. The molecule has 0 spiro atoms. The molecule has 1 fully saturated rings. The Bertz CT molecular complexity index is 833. The van der Waals surface area contributed by atoms with Crippen LogP contribution in [-0.4, -0.2) is 56.9 Å². The van der Waals surface area contributed by atoms with E-state index < -0.39 is 0 Å². The lowest BCUT2D eigenvalue weighted by Gasteiger charge is -2.41. The van der Waals surface area contributed by atoms with Crippen molar-refractivity contribution < 1.29 is 9.47 Å². The average molecular weight is 439 g/mol. The second kappa shape index (κ2) is 11.9. The molecule has 2 N–H and O–H groups in total. The smallest absolute Gasteiger partial charge is 0.193 e. The Hall–Kier alpha value is -2.57. The Balaban J connectivity index is 1.62. The predicted molar refractivity (Wildman–Crippen MR) is 131 cm³/mol. The summed E-state index contributed by atoms with van der Waals surface area (Å²) in [7, 11) is 3.91. The third kappa shape index (κ3) is 6.71. The first-order chi connectivity index (χ1) is 15.5. The van der Waals surface area contributed by atoms with Crippen LogP contribution in [0.3, 0.4) is 0 Å². The number of nitrogens with zero attached hydrogens (tertiary/aromatic N) is 2. The molecule has 174 valence electrons. The summed E-state index contributed by atoms with van der Waals surface area (Å²) in [5.74, 6) is 1.79. The van der Waals surface area contributed by atoms with Crippen LogP contribution in [-0.2, 0) is 11.3 Å². The maximum atomic E-state index is 5.68. The summed E-state index contributed by atoms with van der Waals surface area (Å²) in [6.45, 7) is 8.04. The van der Waals surface area contributed by atoms with Crippen molar-refractivity contribution in [3.05, 3.63) is 65.7 Å². The normalized spacial score (nSPS) is 16.9. The maximum Gasteiger partial charge on any atom is 0.193 e. The predicted octanol–water partition coefficient (Wildman–Crippen LogP) is 3.99. The van der Waals surface area contributed by atoms with Crippen LogP contribution in [0.4, 0.5) is 0 Å². The Morgan fingerprint density at radius 1 is 1.12 bits per heavy atom. The summed E-state index contributed by atoms with van der Waals surface area (Å²) in [6, 6.07) is 19.1. The summed E-state index contributed by atoms with van der Waals surface area (Å²) < 4.78 is 11.2. The lowest BCUT2D eigenvalue weighted by atomic mass is 9.88. The van der Waals surface area contributed by atoms with Gasteiger partial charge in [0.05, 0.1) is 6.61 Å². The molecule has 0 radical (unpaired) electrons. The third-order valence-electron chi connectivity index (χ3n) is 6.08. The zero-order valence-corrected chi connectivity index (χ0v) is 19.9. The molecule has 2 aromatic rings. The topological polar surface area (TPSA) is 58.1 Å². The fourth-order valence-electron chi connectivity index (χ4n) is 4.26. The van der Waals surface area contributed by atoms with Crippen LogP contribution in [0.5, 0.6) is 5.75 Å². The Morgan fingerprint density at radius 2 is 1.81 bits per heavy atom. The number of ether oxygens (including phenoxy) is 2. The SMILES string of the molecule is CCOc1ccc(CN(C)C(=NC)NCC2(NC(C)c3ccccc3)CCOCC2)cc1. The molecule has 0 bridgehead atoms. The number of benzene rings is 2. The number of guanidine groups is 1. The van der Waals surface area contributed by atoms with Gasteiger partial charge in [-0.15, -0.1) is 0 Å². The van der Waals surface area contributed by atoms with E-state index in [1.165, 1.54) is 11.1 Å². The van der Waals surface area contributed by atoms with Crippen LogP contribution in [0.1, 0.15) is 43.9 Å². The van der Waals surface area contributed by atoms with Gasteiger partial charge >= 0.3 is 0 Å². The number of nitrogens with one attached hydrogen (secondary N) is 2. The first-order valence-corrected chi connectivity index (χ1v) is 11.6. The molecule has 6 heteroatoms. The van der Waals surface area contributed by atoms with Crippen LogP contribution in [0.25, 0.3) is 0 Å². The molecule has 1 aliphatic rings. The monoisotopic (exact) mass is 438 g/mol. The van der Waals surface area contributed by atoms with Crippen LogP contribution >= 0.6 is 0 Å². The number of aliphatic imine (C=N–C) groups is 1. The molecule has 0 aromatic heterocycles. The summed E-state index contributed by atoms with van der Waals surface area (Å²) >= 11 is 0. The van der Waals surface area contributed by atoms with E-state index in [1.807, 2.05) is 26.1 Å². The van der Waals surface area contributed by atoms with Gasteiger partial charge in [-0.05, 0) is 49.9 Å². The van der Waals surface area contributed by atoms with Crippen molar-refractivity contribution >= 4 is 5.96 Å². The molecule has 1 aliphatic heterocycles. The van der Waals surface area contributed by atoms with Crippen molar-refractivity contribution in [3.8, 4) is 5.75 Å². The highest BCUT2D eigenvalue weighted by molar-refractivity contribution is 5.79. The van der Waals surface area contributed by atoms with Gasteiger partial charge in [0.2, 0.25) is 0 Å². The standard InChI is InChI=1S/C26H38N4O2/c1-5-32-24-13-11-22(12-14-24)19-30(4)25(27-3)28-20-26(15-17-31-18-16-26)29-21(2)23-9-7-6-8-10-23/h6-14,21,29H,5,15-20H2,1-4H3,(H,27,28). The van der Waals surface area contributed by atoms with E-state index in [0.29, 0.717) is 6.61 Å². The number of hydrogen-bond acceptors (Lipinski definition) is 4. The second-order valence-corrected chi connectivity index (χ2v) is 8.50. The first kappa shape index (κ1) is 24.1. The molecule has 2 aromatic carbocycles. The largest absolute Gasteiger partial charge is 0.494 e. The van der Waals surface area contributed by atoms with Gasteiger partial charge in [-0.3, -0.25) is 4.99 Å². The second-order valence-electron chi connectivity index (χ2n) is 8.50. The van der Waals surface area contributed by atoms with E-state index in [9.17, 15) is 0 Å². The van der Waals surface area contributed by atoms with Crippen molar-refractivity contribution in [1.82, 2.24) is 15.5 Å². The van der Waals surface area contributed by atoms with E-state index in [0.717, 1.165) is 50.9 Å². The molecule has 6 nitrogen and oxygen atoms in total. The average Bonchev–Trinajstić information content (AvgIpc) is 2.82. The van der Waals surface area contributed by atoms with Gasteiger partial charge in [0.15, 0.2) is 5.96 Å². The summed E-state index contributed by atoms with van der Waals surface area (Å²) in [4.78, 5) is 6.69. The molecule has 1 saturated heterocycles. The van der Waals surface area contributed by atoms with E-state index >= 15 is 0 Å². The highest BCUT2D eigenvalue weighted by atomic mass is 16.5. The van der Waals surface area contributed by atoms with Gasteiger partial charge < -0.3 is 25.0 Å². The fourth-order valence-corrected chi connectivity index (χ4v) is 4.26. The molecule has 32 heavy (non-hydrogen) atoms. The minimum absolute atomic E-state index is 0.0383. The van der Waals surface area contributed by atoms with Crippen LogP contribution in [0.2, 0.25) is 0 Å². The fraction of sp³-hybridized carbons (Fsp3) is 0.500. The van der Waals surface area contributed by atoms with Crippen LogP contribution in [0.15, 0.2) is 59.6 Å². The minimum atomic E-state index is -0.0383. The Morgan fingerprint density at radius 3 is 2.44 bits per heavy atom. The number of hydrogen-bond donors (Lipinski definition) is 2. The molecule has 3 rings (SSSR count). The number of rotatable bonds is 9. The maximum absolute atomic E-state index is 5.68. The highest BCUT2D eigenvalue weighted by Crippen LogP contribution is 2.25. The lowest BCUT2D eigenvalue weighted by molar-refractivity contribution is 0.0353. The van der Waals surface area contributed by atoms with Gasteiger partial charge in [0.25, 0.3) is 0 Å². The van der Waals surface area contributed by atoms with Gasteiger partial charge in [-0.2, -0.15) is 0 Å². The van der Waals surface area contributed by atoms with Crippen molar-refractivity contribution in [2.45, 2.75) is 44.8 Å². The summed E-state index contributed by atoms with van der Waals surface area (Å²) in [5, 5.41) is 7.53.